The number of nitrogens with zero attached hydrogens (tertiary/aromatic N) is 1. The minimum atomic E-state index is -3.73. The van der Waals surface area contributed by atoms with Crippen LogP contribution in [0.3, 0.4) is 0 Å². The molecule has 27 heavy (non-hydrogen) atoms. The molecule has 2 rings (SSSR count). The van der Waals surface area contributed by atoms with Crippen molar-refractivity contribution in [2.45, 2.75) is 13.0 Å². The molecule has 1 fully saturated rings. The number of rotatable bonds is 8. The Morgan fingerprint density at radius 3 is 2.85 bits per heavy atom. The van der Waals surface area contributed by atoms with Crippen LogP contribution < -0.4 is 5.32 Å². The highest BCUT2D eigenvalue weighted by atomic mass is 32.2. The van der Waals surface area contributed by atoms with Crippen LogP contribution in [0.5, 0.6) is 0 Å². The molecule has 1 aliphatic rings. The van der Waals surface area contributed by atoms with Crippen molar-refractivity contribution in [2.75, 3.05) is 30.5 Å². The molecule has 1 aromatic rings. The van der Waals surface area contributed by atoms with Gasteiger partial charge in [0.15, 0.2) is 0 Å². The molecule has 1 atom stereocenters. The summed E-state index contributed by atoms with van der Waals surface area (Å²) in [5, 5.41) is 2.44. The molecule has 0 aliphatic carbocycles. The summed E-state index contributed by atoms with van der Waals surface area (Å²) in [7, 11) is -3.73. The molecule has 1 aliphatic heterocycles. The van der Waals surface area contributed by atoms with Crippen LogP contribution in [0.4, 0.5) is 4.39 Å². The summed E-state index contributed by atoms with van der Waals surface area (Å²) < 4.78 is 44.4. The predicted molar refractivity (Wildman–Crippen MR) is 102 cm³/mol. The summed E-state index contributed by atoms with van der Waals surface area (Å²) in [5.74, 6) is -1.39. The van der Waals surface area contributed by atoms with Gasteiger partial charge in [0.25, 0.3) is 0 Å². The average molecular weight is 416 g/mol. The normalized spacial score (nSPS) is 17.9. The number of carbonyl (C=O) groups is 2. The highest BCUT2D eigenvalue weighted by Crippen LogP contribution is 2.25. The van der Waals surface area contributed by atoms with Gasteiger partial charge in [0.1, 0.15) is 11.9 Å². The Morgan fingerprint density at radius 1 is 1.41 bits per heavy atom. The Morgan fingerprint density at radius 2 is 2.15 bits per heavy atom. The Labute approximate surface area is 162 Å². The minimum absolute atomic E-state index is 0.126. The molecule has 10 heteroatoms. The molecule has 1 N–H and O–H groups in total. The van der Waals surface area contributed by atoms with Crippen molar-refractivity contribution in [1.29, 1.82) is 0 Å². The highest BCUT2D eigenvalue weighted by Gasteiger charge is 2.39. The molecule has 7 nitrogen and oxygen atoms in total. The third kappa shape index (κ3) is 6.05. The molecule has 0 aromatic heterocycles. The Bertz CT molecular complexity index is 813. The molecule has 0 bridgehead atoms. The molecule has 0 radical (unpaired) electrons. The summed E-state index contributed by atoms with van der Waals surface area (Å²) in [5.41, 5.74) is 0.256. The number of halogens is 1. The maximum absolute atomic E-state index is 13.5. The van der Waals surface area contributed by atoms with E-state index < -0.39 is 33.8 Å². The van der Waals surface area contributed by atoms with Gasteiger partial charge in [0.2, 0.25) is 15.9 Å². The van der Waals surface area contributed by atoms with E-state index in [1.807, 2.05) is 0 Å². The number of hydrogen-bond donors (Lipinski definition) is 1. The van der Waals surface area contributed by atoms with Gasteiger partial charge in [0.05, 0.1) is 18.2 Å². The van der Waals surface area contributed by atoms with Crippen LogP contribution >= 0.6 is 11.8 Å². The number of carbonyl (C=O) groups excluding carboxylic acids is 2. The molecule has 1 aromatic carbocycles. The van der Waals surface area contributed by atoms with Gasteiger partial charge in [-0.3, -0.25) is 9.59 Å². The fourth-order valence-electron chi connectivity index (χ4n) is 2.38. The summed E-state index contributed by atoms with van der Waals surface area (Å²) in [6, 6.07) is 5.14. The van der Waals surface area contributed by atoms with E-state index in [0.29, 0.717) is 5.75 Å². The largest absolute Gasteiger partial charge is 0.465 e. The van der Waals surface area contributed by atoms with E-state index in [4.69, 9.17) is 4.74 Å². The fraction of sp³-hybridized carbons (Fsp3) is 0.412. The van der Waals surface area contributed by atoms with Crippen LogP contribution in [0.2, 0.25) is 0 Å². The minimum Gasteiger partial charge on any atom is -0.465 e. The number of thioether (sulfide) groups is 1. The van der Waals surface area contributed by atoms with E-state index in [-0.39, 0.29) is 30.3 Å². The summed E-state index contributed by atoms with van der Waals surface area (Å²) >= 11 is 1.33. The Balaban J connectivity index is 1.87. The number of nitrogens with one attached hydrogen (secondary N) is 1. The molecule has 1 unspecified atom stereocenters. The predicted octanol–water partition coefficient (Wildman–Crippen LogP) is 1.22. The van der Waals surface area contributed by atoms with Gasteiger partial charge in [-0.15, -0.1) is 11.8 Å². The average Bonchev–Trinajstić information content (AvgIpc) is 3.12. The molecule has 1 heterocycles. The molecule has 1 saturated heterocycles. The van der Waals surface area contributed by atoms with E-state index in [0.717, 1.165) is 10.4 Å². The lowest BCUT2D eigenvalue weighted by Crippen LogP contribution is -2.45. The summed E-state index contributed by atoms with van der Waals surface area (Å²) in [4.78, 5) is 23.7. The number of esters is 1. The smallest absolute Gasteiger partial charge is 0.325 e. The number of sulfonamides is 1. The lowest BCUT2D eigenvalue weighted by Gasteiger charge is -2.21. The molecule has 1 amide bonds. The number of benzene rings is 1. The van der Waals surface area contributed by atoms with E-state index >= 15 is 0 Å². The number of hydrogen-bond acceptors (Lipinski definition) is 6. The van der Waals surface area contributed by atoms with Gasteiger partial charge in [-0.2, -0.15) is 4.31 Å². The van der Waals surface area contributed by atoms with Gasteiger partial charge < -0.3 is 10.1 Å². The quantitative estimate of drug-likeness (QED) is 0.506. The molecular weight excluding hydrogens is 395 g/mol. The first-order chi connectivity index (χ1) is 12.8. The first-order valence-corrected chi connectivity index (χ1v) is 11.1. The second-order valence-corrected chi connectivity index (χ2v) is 8.66. The number of ether oxygens (including phenoxy) is 1. The van der Waals surface area contributed by atoms with Gasteiger partial charge in [-0.25, -0.2) is 12.8 Å². The highest BCUT2D eigenvalue weighted by molar-refractivity contribution is 8.00. The SMILES string of the molecule is CCOC(=O)C1CSCN1S(=O)(=O)CCNC(=O)/C=C/c1ccccc1F. The zero-order valence-electron chi connectivity index (χ0n) is 14.8. The van der Waals surface area contributed by atoms with Crippen molar-refractivity contribution >= 4 is 39.7 Å². The fourth-order valence-corrected chi connectivity index (χ4v) is 5.49. The van der Waals surface area contributed by atoms with Crippen molar-refractivity contribution in [3.63, 3.8) is 0 Å². The van der Waals surface area contributed by atoms with Crippen molar-refractivity contribution in [3.05, 3.63) is 41.7 Å². The first kappa shape index (κ1) is 21.4. The van der Waals surface area contributed by atoms with Crippen molar-refractivity contribution in [1.82, 2.24) is 9.62 Å². The van der Waals surface area contributed by atoms with Crippen LogP contribution in [0, 0.1) is 5.82 Å². The van der Waals surface area contributed by atoms with Crippen LogP contribution in [0.1, 0.15) is 12.5 Å². The second-order valence-electron chi connectivity index (χ2n) is 5.62. The van der Waals surface area contributed by atoms with Gasteiger partial charge in [0, 0.05) is 23.9 Å². The third-order valence-electron chi connectivity index (χ3n) is 3.74. The van der Waals surface area contributed by atoms with E-state index in [1.165, 1.54) is 36.0 Å². The van der Waals surface area contributed by atoms with Gasteiger partial charge in [-0.1, -0.05) is 18.2 Å². The third-order valence-corrected chi connectivity index (χ3v) is 6.73. The molecule has 0 spiro atoms. The van der Waals surface area contributed by atoms with Crippen LogP contribution in [-0.2, 0) is 24.3 Å². The molecule has 0 saturated carbocycles. The van der Waals surface area contributed by atoms with Crippen LogP contribution in [-0.4, -0.2) is 61.2 Å². The molecule has 148 valence electrons. The van der Waals surface area contributed by atoms with Gasteiger partial charge >= 0.3 is 5.97 Å². The number of amides is 1. The molecular formula is C17H21FN2O5S2. The monoisotopic (exact) mass is 416 g/mol. The van der Waals surface area contributed by atoms with Crippen molar-refractivity contribution in [2.24, 2.45) is 0 Å². The Hall–Kier alpha value is -1.91. The topological polar surface area (TPSA) is 92.8 Å². The summed E-state index contributed by atoms with van der Waals surface area (Å²) in [6.45, 7) is 1.71. The maximum Gasteiger partial charge on any atom is 0.325 e. The second kappa shape index (κ2) is 9.86. The lowest BCUT2D eigenvalue weighted by molar-refractivity contribution is -0.146. The zero-order chi connectivity index (χ0) is 19.9. The van der Waals surface area contributed by atoms with E-state index in [2.05, 4.69) is 5.32 Å². The lowest BCUT2D eigenvalue weighted by atomic mass is 10.2. The van der Waals surface area contributed by atoms with Crippen molar-refractivity contribution < 1.29 is 27.1 Å². The maximum atomic E-state index is 13.5. The zero-order valence-corrected chi connectivity index (χ0v) is 16.4. The van der Waals surface area contributed by atoms with Crippen LogP contribution in [0.25, 0.3) is 6.08 Å². The first-order valence-electron chi connectivity index (χ1n) is 8.29. The van der Waals surface area contributed by atoms with E-state index in [1.54, 1.807) is 13.0 Å². The van der Waals surface area contributed by atoms with Crippen molar-refractivity contribution in [3.8, 4) is 0 Å². The Kier molecular flexibility index (Phi) is 7.81. The van der Waals surface area contributed by atoms with Crippen LogP contribution in [0.15, 0.2) is 30.3 Å². The standard InChI is InChI=1S/C17H21FN2O5S2/c1-2-25-17(22)15-11-26-12-20(15)27(23,24)10-9-19-16(21)8-7-13-5-3-4-6-14(13)18/h3-8,15H,2,9-12H2,1H3,(H,19,21)/b8-7+. The van der Waals surface area contributed by atoms with Gasteiger partial charge in [-0.05, 0) is 19.1 Å². The summed E-state index contributed by atoms with van der Waals surface area (Å²) in [6.07, 6.45) is 2.45. The van der Waals surface area contributed by atoms with E-state index in [9.17, 15) is 22.4 Å².